The van der Waals surface area contributed by atoms with Crippen molar-refractivity contribution in [2.45, 2.75) is 43.5 Å². The number of nitrogens with zero attached hydrogens (tertiary/aromatic N) is 2. The Morgan fingerprint density at radius 3 is 2.68 bits per heavy atom. The van der Waals surface area contributed by atoms with Gasteiger partial charge in [0.15, 0.2) is 5.43 Å². The summed E-state index contributed by atoms with van der Waals surface area (Å²) in [4.78, 5) is 21.1. The molecule has 0 unspecified atom stereocenters. The van der Waals surface area contributed by atoms with Crippen molar-refractivity contribution in [3.05, 3.63) is 64.6 Å². The number of hydrogen-bond acceptors (Lipinski definition) is 6. The Hall–Kier alpha value is -4.20. The van der Waals surface area contributed by atoms with Crippen LogP contribution in [0.15, 0.2) is 58.5 Å². The number of pyridine rings is 2. The molecule has 5 aromatic rings. The van der Waals surface area contributed by atoms with E-state index in [0.717, 1.165) is 55.9 Å². The molecular weight excluding hydrogens is 543 g/mol. The molecule has 0 aliphatic carbocycles. The van der Waals surface area contributed by atoms with Crippen LogP contribution >= 0.6 is 0 Å². The number of nitrogens with one attached hydrogen (secondary N) is 2. The van der Waals surface area contributed by atoms with Crippen molar-refractivity contribution in [3.8, 4) is 29.2 Å². The first-order chi connectivity index (χ1) is 19.8. The zero-order valence-electron chi connectivity index (χ0n) is 22.5. The molecule has 6 rings (SSSR count). The lowest BCUT2D eigenvalue weighted by molar-refractivity contribution is 0.311. The Balaban J connectivity index is 1.71. The summed E-state index contributed by atoms with van der Waals surface area (Å²) in [7, 11) is -4.98. The van der Waals surface area contributed by atoms with Crippen molar-refractivity contribution in [2.24, 2.45) is 0 Å². The van der Waals surface area contributed by atoms with Gasteiger partial charge in [0, 0.05) is 46.0 Å². The van der Waals surface area contributed by atoms with Crippen LogP contribution < -0.4 is 15.5 Å². The summed E-state index contributed by atoms with van der Waals surface area (Å²) < 4.78 is 45.7. The predicted octanol–water partition coefficient (Wildman–Crippen LogP) is 5.44. The van der Waals surface area contributed by atoms with Crippen molar-refractivity contribution in [1.82, 2.24) is 19.9 Å². The second-order valence-corrected chi connectivity index (χ2v) is 11.7. The zero-order chi connectivity index (χ0) is 28.7. The van der Waals surface area contributed by atoms with Crippen LogP contribution in [0.4, 0.5) is 3.89 Å². The molecule has 8 nitrogen and oxygen atoms in total. The molecule has 1 fully saturated rings. The van der Waals surface area contributed by atoms with E-state index in [2.05, 4.69) is 25.8 Å². The van der Waals surface area contributed by atoms with Crippen LogP contribution in [0.25, 0.3) is 44.0 Å². The molecule has 2 aromatic carbocycles. The molecule has 0 bridgehead atoms. The SMILES string of the molecule is C#Cc1ccc2c(c1)[nH]c1c2c(=O)c2cc(OCCCC)c(-c3cncc(S(=O)(=O)F)c3)cc2n1C1CCNCC1. The van der Waals surface area contributed by atoms with E-state index in [1.165, 1.54) is 12.3 Å². The molecule has 4 heterocycles. The first-order valence-corrected chi connectivity index (χ1v) is 15.1. The fraction of sp³-hybridized carbons (Fsp3) is 0.290. The van der Waals surface area contributed by atoms with Crippen LogP contribution in [0.3, 0.4) is 0 Å². The lowest BCUT2D eigenvalue weighted by atomic mass is 9.99. The van der Waals surface area contributed by atoms with Gasteiger partial charge in [-0.25, -0.2) is 0 Å². The van der Waals surface area contributed by atoms with Gasteiger partial charge in [-0.15, -0.1) is 10.3 Å². The quantitative estimate of drug-likeness (QED) is 0.153. The van der Waals surface area contributed by atoms with E-state index < -0.39 is 15.1 Å². The summed E-state index contributed by atoms with van der Waals surface area (Å²) in [6.45, 7) is 4.09. The monoisotopic (exact) mass is 572 g/mol. The number of aromatic amines is 1. The summed E-state index contributed by atoms with van der Waals surface area (Å²) in [5.74, 6) is 3.06. The molecule has 1 saturated heterocycles. The molecule has 3 aromatic heterocycles. The Labute approximate surface area is 236 Å². The first-order valence-electron chi connectivity index (χ1n) is 13.7. The minimum absolute atomic E-state index is 0.0809. The van der Waals surface area contributed by atoms with Crippen molar-refractivity contribution >= 4 is 43.1 Å². The number of aromatic nitrogens is 3. The predicted molar refractivity (Wildman–Crippen MR) is 159 cm³/mol. The molecule has 2 N–H and O–H groups in total. The highest BCUT2D eigenvalue weighted by molar-refractivity contribution is 7.86. The van der Waals surface area contributed by atoms with E-state index in [0.29, 0.717) is 51.0 Å². The number of ether oxygens (including phenoxy) is 1. The molecule has 0 amide bonds. The second-order valence-electron chi connectivity index (χ2n) is 10.3. The largest absolute Gasteiger partial charge is 0.493 e. The Bertz CT molecular complexity index is 2020. The van der Waals surface area contributed by atoms with Crippen LogP contribution in [-0.2, 0) is 10.2 Å². The molecule has 1 aliphatic heterocycles. The Kier molecular flexibility index (Phi) is 7.01. The van der Waals surface area contributed by atoms with E-state index in [-0.39, 0.29) is 11.5 Å². The van der Waals surface area contributed by atoms with Gasteiger partial charge in [0.1, 0.15) is 16.3 Å². The molecule has 0 radical (unpaired) electrons. The number of piperidine rings is 1. The van der Waals surface area contributed by atoms with Crippen molar-refractivity contribution in [2.75, 3.05) is 19.7 Å². The van der Waals surface area contributed by atoms with Gasteiger partial charge < -0.3 is 19.6 Å². The van der Waals surface area contributed by atoms with Gasteiger partial charge in [-0.05, 0) is 62.7 Å². The first kappa shape index (κ1) is 27.0. The molecule has 0 saturated carbocycles. The average molecular weight is 573 g/mol. The Morgan fingerprint density at radius 2 is 1.95 bits per heavy atom. The third-order valence-electron chi connectivity index (χ3n) is 7.75. The van der Waals surface area contributed by atoms with Gasteiger partial charge in [-0.3, -0.25) is 9.78 Å². The van der Waals surface area contributed by atoms with Crippen LogP contribution in [0.5, 0.6) is 5.75 Å². The number of H-pyrrole nitrogens is 1. The highest BCUT2D eigenvalue weighted by Gasteiger charge is 2.25. The molecule has 0 atom stereocenters. The lowest BCUT2D eigenvalue weighted by Gasteiger charge is -2.28. The minimum Gasteiger partial charge on any atom is -0.493 e. The smallest absolute Gasteiger partial charge is 0.333 e. The summed E-state index contributed by atoms with van der Waals surface area (Å²) in [6.07, 6.45) is 11.5. The van der Waals surface area contributed by atoms with Crippen molar-refractivity contribution < 1.29 is 17.0 Å². The van der Waals surface area contributed by atoms with E-state index in [1.807, 2.05) is 31.2 Å². The van der Waals surface area contributed by atoms with E-state index in [9.17, 15) is 17.1 Å². The average Bonchev–Trinajstić information content (AvgIpc) is 3.36. The number of fused-ring (bicyclic) bond motifs is 4. The number of terminal acetylenes is 1. The van der Waals surface area contributed by atoms with E-state index in [1.54, 1.807) is 6.07 Å². The normalized spacial score (nSPS) is 14.6. The van der Waals surface area contributed by atoms with Crippen LogP contribution in [0, 0.1) is 12.3 Å². The standard InChI is InChI=1S/C31H29FN4O4S/c1-3-5-12-40-28-16-25-27(15-24(28)20-14-22(18-34-17-20)41(32,38)39)36(21-8-10-33-11-9-21)31-29(30(25)37)23-7-6-19(4-2)13-26(23)35-31/h2,6-7,13-18,21,33,35H,3,5,8-12H2,1H3. The zero-order valence-corrected chi connectivity index (χ0v) is 23.4. The number of hydrogen-bond donors (Lipinski definition) is 2. The third-order valence-corrected chi connectivity index (χ3v) is 8.54. The highest BCUT2D eigenvalue weighted by atomic mass is 32.3. The number of benzene rings is 2. The van der Waals surface area contributed by atoms with Crippen LogP contribution in [0.1, 0.15) is 44.2 Å². The number of rotatable bonds is 7. The lowest BCUT2D eigenvalue weighted by Crippen LogP contribution is -2.30. The van der Waals surface area contributed by atoms with Gasteiger partial charge in [0.25, 0.3) is 0 Å². The second kappa shape index (κ2) is 10.7. The topological polar surface area (TPSA) is 106 Å². The van der Waals surface area contributed by atoms with Crippen LogP contribution in [-0.4, -0.2) is 42.6 Å². The molecule has 41 heavy (non-hydrogen) atoms. The van der Waals surface area contributed by atoms with Gasteiger partial charge in [-0.1, -0.05) is 25.3 Å². The van der Waals surface area contributed by atoms with Crippen molar-refractivity contribution in [1.29, 1.82) is 0 Å². The summed E-state index contributed by atoms with van der Waals surface area (Å²) in [6, 6.07) is 10.5. The van der Waals surface area contributed by atoms with Gasteiger partial charge in [0.2, 0.25) is 0 Å². The molecular formula is C31H29FN4O4S. The Morgan fingerprint density at radius 1 is 1.15 bits per heavy atom. The fourth-order valence-electron chi connectivity index (χ4n) is 5.70. The summed E-state index contributed by atoms with van der Waals surface area (Å²) >= 11 is 0. The maximum absolute atomic E-state index is 14.2. The van der Waals surface area contributed by atoms with E-state index >= 15 is 0 Å². The number of unbranched alkanes of at least 4 members (excludes halogenated alkanes) is 1. The molecule has 210 valence electrons. The van der Waals surface area contributed by atoms with Gasteiger partial charge >= 0.3 is 10.2 Å². The fourth-order valence-corrected chi connectivity index (χ4v) is 6.16. The maximum atomic E-state index is 14.2. The highest BCUT2D eigenvalue weighted by Crippen LogP contribution is 2.38. The van der Waals surface area contributed by atoms with Crippen molar-refractivity contribution in [3.63, 3.8) is 0 Å². The van der Waals surface area contributed by atoms with Gasteiger partial charge in [-0.2, -0.15) is 8.42 Å². The minimum atomic E-state index is -4.98. The van der Waals surface area contributed by atoms with Gasteiger partial charge in [0.05, 0.1) is 22.9 Å². The third kappa shape index (κ3) is 4.85. The maximum Gasteiger partial charge on any atom is 0.333 e. The van der Waals surface area contributed by atoms with E-state index in [4.69, 9.17) is 11.2 Å². The summed E-state index contributed by atoms with van der Waals surface area (Å²) in [5.41, 5.74) is 3.60. The molecule has 1 aliphatic rings. The molecule has 0 spiro atoms. The van der Waals surface area contributed by atoms with Crippen LogP contribution in [0.2, 0.25) is 0 Å². The number of halogens is 1. The summed E-state index contributed by atoms with van der Waals surface area (Å²) in [5, 5.41) is 5.25. The molecule has 10 heteroatoms.